The number of ketones is 1. The lowest BCUT2D eigenvalue weighted by atomic mass is 10.00. The van der Waals surface area contributed by atoms with Crippen molar-refractivity contribution in [2.75, 3.05) is 13.6 Å². The number of carbonyl (C=O) groups is 1. The van der Waals surface area contributed by atoms with E-state index in [4.69, 9.17) is 0 Å². The fourth-order valence-electron chi connectivity index (χ4n) is 1.84. The van der Waals surface area contributed by atoms with Gasteiger partial charge in [0.1, 0.15) is 0 Å². The van der Waals surface area contributed by atoms with E-state index in [1.165, 1.54) is 0 Å². The summed E-state index contributed by atoms with van der Waals surface area (Å²) < 4.78 is 0. The summed E-state index contributed by atoms with van der Waals surface area (Å²) in [7, 11) is 1.86. The molecule has 0 heterocycles. The highest BCUT2D eigenvalue weighted by molar-refractivity contribution is 6.08. The molecular formula is C14H16ClNO. The summed E-state index contributed by atoms with van der Waals surface area (Å²) in [6.45, 7) is 0.724. The van der Waals surface area contributed by atoms with E-state index in [-0.39, 0.29) is 18.2 Å². The van der Waals surface area contributed by atoms with Gasteiger partial charge >= 0.3 is 0 Å². The molecule has 1 N–H and O–H groups in total. The molecule has 0 aliphatic heterocycles. The zero-order valence-electron chi connectivity index (χ0n) is 9.77. The van der Waals surface area contributed by atoms with Crippen LogP contribution in [0, 0.1) is 0 Å². The van der Waals surface area contributed by atoms with Gasteiger partial charge in [-0.15, -0.1) is 12.4 Å². The van der Waals surface area contributed by atoms with Crippen LogP contribution in [0.15, 0.2) is 42.5 Å². The SMILES string of the molecule is CNCCC(=O)c1cccc2ccccc12.Cl. The quantitative estimate of drug-likeness (QED) is 0.844. The maximum Gasteiger partial charge on any atom is 0.164 e. The van der Waals surface area contributed by atoms with E-state index in [0.717, 1.165) is 22.9 Å². The minimum atomic E-state index is 0. The number of benzene rings is 2. The summed E-state index contributed by atoms with van der Waals surface area (Å²) in [4.78, 5) is 12.0. The number of fused-ring (bicyclic) bond motifs is 1. The number of hydrogen-bond donors (Lipinski definition) is 1. The smallest absolute Gasteiger partial charge is 0.164 e. The lowest BCUT2D eigenvalue weighted by Crippen LogP contribution is -2.13. The Balaban J connectivity index is 0.00000144. The van der Waals surface area contributed by atoms with Crippen molar-refractivity contribution in [3.8, 4) is 0 Å². The highest BCUT2D eigenvalue weighted by Crippen LogP contribution is 2.19. The van der Waals surface area contributed by atoms with Gasteiger partial charge in [-0.2, -0.15) is 0 Å². The molecule has 0 aliphatic carbocycles. The van der Waals surface area contributed by atoms with Crippen LogP contribution >= 0.6 is 12.4 Å². The fraction of sp³-hybridized carbons (Fsp3) is 0.214. The van der Waals surface area contributed by atoms with E-state index in [9.17, 15) is 4.79 Å². The second-order valence-corrected chi connectivity index (χ2v) is 3.80. The van der Waals surface area contributed by atoms with Gasteiger partial charge < -0.3 is 5.32 Å². The van der Waals surface area contributed by atoms with Crippen molar-refractivity contribution in [1.29, 1.82) is 0 Å². The Bertz CT molecular complexity index is 505. The van der Waals surface area contributed by atoms with Crippen molar-refractivity contribution < 1.29 is 4.79 Å². The zero-order chi connectivity index (χ0) is 11.4. The summed E-state index contributed by atoms with van der Waals surface area (Å²) >= 11 is 0. The molecule has 3 heteroatoms. The largest absolute Gasteiger partial charge is 0.319 e. The van der Waals surface area contributed by atoms with Crippen molar-refractivity contribution in [2.45, 2.75) is 6.42 Å². The number of rotatable bonds is 4. The van der Waals surface area contributed by atoms with Gasteiger partial charge in [-0.1, -0.05) is 42.5 Å². The van der Waals surface area contributed by atoms with Gasteiger partial charge in [0.05, 0.1) is 0 Å². The van der Waals surface area contributed by atoms with Crippen LogP contribution < -0.4 is 5.32 Å². The van der Waals surface area contributed by atoms with Gasteiger partial charge in [0.15, 0.2) is 5.78 Å². The van der Waals surface area contributed by atoms with Gasteiger partial charge in [0.2, 0.25) is 0 Å². The third-order valence-electron chi connectivity index (χ3n) is 2.69. The normalized spacial score (nSPS) is 9.94. The number of halogens is 1. The molecule has 0 aromatic heterocycles. The van der Waals surface area contributed by atoms with Crippen LogP contribution in [0.25, 0.3) is 10.8 Å². The van der Waals surface area contributed by atoms with Crippen LogP contribution in [0.1, 0.15) is 16.8 Å². The molecule has 90 valence electrons. The van der Waals surface area contributed by atoms with Crippen LogP contribution in [0.2, 0.25) is 0 Å². The summed E-state index contributed by atoms with van der Waals surface area (Å²) in [6.07, 6.45) is 0.546. The van der Waals surface area contributed by atoms with Gasteiger partial charge in [-0.25, -0.2) is 0 Å². The molecule has 0 amide bonds. The van der Waals surface area contributed by atoms with Crippen LogP contribution in [0.5, 0.6) is 0 Å². The second kappa shape index (κ2) is 6.38. The highest BCUT2D eigenvalue weighted by Gasteiger charge is 2.08. The van der Waals surface area contributed by atoms with E-state index >= 15 is 0 Å². The molecule has 0 bridgehead atoms. The van der Waals surface area contributed by atoms with Crippen LogP contribution in [0.3, 0.4) is 0 Å². The Morgan fingerprint density at radius 1 is 1.12 bits per heavy atom. The highest BCUT2D eigenvalue weighted by atomic mass is 35.5. The predicted octanol–water partition coefficient (Wildman–Crippen LogP) is 3.05. The molecule has 0 unspecified atom stereocenters. The molecule has 0 radical (unpaired) electrons. The summed E-state index contributed by atoms with van der Waals surface area (Å²) in [5, 5.41) is 5.17. The average Bonchev–Trinajstić information content (AvgIpc) is 2.35. The fourth-order valence-corrected chi connectivity index (χ4v) is 1.84. The molecule has 0 aliphatic rings. The lowest BCUT2D eigenvalue weighted by molar-refractivity contribution is 0.0985. The standard InChI is InChI=1S/C14H15NO.ClH/c1-15-10-9-14(16)13-8-4-6-11-5-2-3-7-12(11)13;/h2-8,15H,9-10H2,1H3;1H. The Morgan fingerprint density at radius 3 is 2.59 bits per heavy atom. The summed E-state index contributed by atoms with van der Waals surface area (Å²) in [5.74, 6) is 0.200. The Hall–Kier alpha value is -1.38. The van der Waals surface area contributed by atoms with Crippen molar-refractivity contribution in [3.63, 3.8) is 0 Å². The number of carbonyl (C=O) groups excluding carboxylic acids is 1. The van der Waals surface area contributed by atoms with Gasteiger partial charge in [0.25, 0.3) is 0 Å². The molecule has 2 rings (SSSR count). The third kappa shape index (κ3) is 3.05. The maximum atomic E-state index is 12.0. The lowest BCUT2D eigenvalue weighted by Gasteiger charge is -2.05. The number of hydrogen-bond acceptors (Lipinski definition) is 2. The van der Waals surface area contributed by atoms with E-state index in [0.29, 0.717) is 6.42 Å². The first-order chi connectivity index (χ1) is 7.83. The maximum absolute atomic E-state index is 12.0. The first-order valence-electron chi connectivity index (χ1n) is 5.48. The van der Waals surface area contributed by atoms with Gasteiger partial charge in [-0.3, -0.25) is 4.79 Å². The third-order valence-corrected chi connectivity index (χ3v) is 2.69. The van der Waals surface area contributed by atoms with E-state index in [1.54, 1.807) is 0 Å². The van der Waals surface area contributed by atoms with E-state index in [1.807, 2.05) is 49.5 Å². The predicted molar refractivity (Wildman–Crippen MR) is 74.1 cm³/mol. The number of nitrogens with one attached hydrogen (secondary N) is 1. The molecule has 17 heavy (non-hydrogen) atoms. The molecule has 2 aromatic carbocycles. The second-order valence-electron chi connectivity index (χ2n) is 3.80. The average molecular weight is 250 g/mol. The molecule has 0 saturated carbocycles. The van der Waals surface area contributed by atoms with E-state index in [2.05, 4.69) is 5.32 Å². The molecule has 2 aromatic rings. The minimum absolute atomic E-state index is 0. The monoisotopic (exact) mass is 249 g/mol. The summed E-state index contributed by atoms with van der Waals surface area (Å²) in [6, 6.07) is 13.9. The van der Waals surface area contributed by atoms with Crippen LogP contribution in [0.4, 0.5) is 0 Å². The topological polar surface area (TPSA) is 29.1 Å². The Morgan fingerprint density at radius 2 is 1.82 bits per heavy atom. The van der Waals surface area contributed by atoms with Crippen molar-refractivity contribution >= 4 is 29.0 Å². The molecule has 2 nitrogen and oxygen atoms in total. The molecular weight excluding hydrogens is 234 g/mol. The van der Waals surface area contributed by atoms with Crippen molar-refractivity contribution in [2.24, 2.45) is 0 Å². The molecule has 0 atom stereocenters. The van der Waals surface area contributed by atoms with E-state index < -0.39 is 0 Å². The van der Waals surface area contributed by atoms with Crippen molar-refractivity contribution in [1.82, 2.24) is 5.32 Å². The van der Waals surface area contributed by atoms with Crippen molar-refractivity contribution in [3.05, 3.63) is 48.0 Å². The zero-order valence-corrected chi connectivity index (χ0v) is 10.6. The molecule has 0 saturated heterocycles. The minimum Gasteiger partial charge on any atom is -0.319 e. The molecule has 0 fully saturated rings. The Kier molecular flexibility index (Phi) is 5.13. The van der Waals surface area contributed by atoms with Crippen LogP contribution in [-0.2, 0) is 0 Å². The number of Topliss-reactive ketones (excluding diaryl/α,β-unsaturated/α-hetero) is 1. The van der Waals surface area contributed by atoms with Gasteiger partial charge in [0, 0.05) is 18.5 Å². The Labute approximate surface area is 107 Å². The van der Waals surface area contributed by atoms with Gasteiger partial charge in [-0.05, 0) is 17.8 Å². The molecule has 0 spiro atoms. The first kappa shape index (κ1) is 13.7. The first-order valence-corrected chi connectivity index (χ1v) is 5.48. The summed E-state index contributed by atoms with van der Waals surface area (Å²) in [5.41, 5.74) is 0.827. The van der Waals surface area contributed by atoms with Crippen LogP contribution in [-0.4, -0.2) is 19.4 Å².